The molecule has 1 aliphatic heterocycles. The molecule has 2 aliphatic carbocycles. The Hall–Kier alpha value is -4.30. The molecular formula is C54H66N2. The molecule has 0 bridgehead atoms. The van der Waals surface area contributed by atoms with Gasteiger partial charge in [-0.15, -0.1) is 0 Å². The summed E-state index contributed by atoms with van der Waals surface area (Å²) in [5.74, 6) is 0.708. The molecule has 2 saturated carbocycles. The Balaban J connectivity index is 1.33. The van der Waals surface area contributed by atoms with Gasteiger partial charge in [-0.2, -0.15) is 0 Å². The summed E-state index contributed by atoms with van der Waals surface area (Å²) in [4.78, 5) is 5.29. The summed E-state index contributed by atoms with van der Waals surface area (Å²) in [7, 11) is 0. The minimum absolute atomic E-state index is 0.0262. The number of hydrogen-bond acceptors (Lipinski definition) is 2. The van der Waals surface area contributed by atoms with E-state index in [4.69, 9.17) is 0 Å². The molecule has 5 aromatic rings. The first-order valence-electron chi connectivity index (χ1n) is 21.8. The number of rotatable bonds is 6. The van der Waals surface area contributed by atoms with Gasteiger partial charge in [-0.05, 0) is 145 Å². The lowest BCUT2D eigenvalue weighted by Crippen LogP contribution is -2.52. The molecule has 0 amide bonds. The zero-order chi connectivity index (χ0) is 39.5. The molecule has 0 atom stereocenters. The van der Waals surface area contributed by atoms with E-state index >= 15 is 0 Å². The van der Waals surface area contributed by atoms with Crippen molar-refractivity contribution in [3.05, 3.63) is 137 Å². The van der Waals surface area contributed by atoms with E-state index in [9.17, 15) is 0 Å². The van der Waals surface area contributed by atoms with E-state index in [0.29, 0.717) is 5.92 Å². The van der Waals surface area contributed by atoms with Crippen molar-refractivity contribution >= 4 is 28.4 Å². The molecular weight excluding hydrogens is 677 g/mol. The van der Waals surface area contributed by atoms with Gasteiger partial charge >= 0.3 is 0 Å². The van der Waals surface area contributed by atoms with Crippen molar-refractivity contribution in [1.29, 1.82) is 0 Å². The number of anilines is 5. The Morgan fingerprint density at radius 3 is 1.91 bits per heavy atom. The highest BCUT2D eigenvalue weighted by Gasteiger charge is 2.57. The van der Waals surface area contributed by atoms with Crippen molar-refractivity contribution in [1.82, 2.24) is 0 Å². The molecule has 8 rings (SSSR count). The second kappa shape index (κ2) is 14.6. The zero-order valence-electron chi connectivity index (χ0n) is 35.9. The minimum atomic E-state index is -0.0747. The SMILES string of the molecule is Cc1cc(N(c2ccc(C(C)(C)C)cc2)c2ccc(C(C)(C)C)cc2-c2ccccc2)cc(N2c3ccc(C4CCCCC4)cc3C3(CCCCC3)C2(C)C)c1. The normalized spacial score (nSPS) is 18.3. The van der Waals surface area contributed by atoms with Crippen LogP contribution in [0.1, 0.15) is 153 Å². The summed E-state index contributed by atoms with van der Waals surface area (Å²) in [5, 5.41) is 0. The van der Waals surface area contributed by atoms with Crippen LogP contribution in [0.25, 0.3) is 11.1 Å². The van der Waals surface area contributed by atoms with E-state index in [0.717, 1.165) is 0 Å². The van der Waals surface area contributed by atoms with Gasteiger partial charge in [0.15, 0.2) is 0 Å². The van der Waals surface area contributed by atoms with Gasteiger partial charge in [-0.1, -0.05) is 141 Å². The third-order valence-corrected chi connectivity index (χ3v) is 14.0. The second-order valence-corrected chi connectivity index (χ2v) is 20.2. The van der Waals surface area contributed by atoms with E-state index in [2.05, 4.69) is 181 Å². The summed E-state index contributed by atoms with van der Waals surface area (Å²) in [6.07, 6.45) is 13.3. The van der Waals surface area contributed by atoms with Crippen LogP contribution in [0.4, 0.5) is 28.4 Å². The highest BCUT2D eigenvalue weighted by atomic mass is 15.3. The fourth-order valence-electron chi connectivity index (χ4n) is 10.8. The molecule has 1 heterocycles. The van der Waals surface area contributed by atoms with Crippen LogP contribution in [-0.2, 0) is 16.2 Å². The molecule has 2 heteroatoms. The highest BCUT2D eigenvalue weighted by molar-refractivity contribution is 5.90. The second-order valence-electron chi connectivity index (χ2n) is 20.2. The first kappa shape index (κ1) is 38.6. The third kappa shape index (κ3) is 6.90. The maximum absolute atomic E-state index is 2.76. The van der Waals surface area contributed by atoms with Gasteiger partial charge in [-0.25, -0.2) is 0 Å². The smallest absolute Gasteiger partial charge is 0.0540 e. The van der Waals surface area contributed by atoms with Crippen LogP contribution in [0.5, 0.6) is 0 Å². The lowest BCUT2D eigenvalue weighted by Gasteiger charge is -2.49. The molecule has 3 aliphatic rings. The van der Waals surface area contributed by atoms with Crippen molar-refractivity contribution in [2.75, 3.05) is 9.80 Å². The summed E-state index contributed by atoms with van der Waals surface area (Å²) < 4.78 is 0. The largest absolute Gasteiger partial charge is 0.335 e. The highest BCUT2D eigenvalue weighted by Crippen LogP contribution is 2.61. The number of nitrogens with zero attached hydrogens (tertiary/aromatic N) is 2. The van der Waals surface area contributed by atoms with Crippen molar-refractivity contribution in [3.8, 4) is 11.1 Å². The van der Waals surface area contributed by atoms with Crippen LogP contribution < -0.4 is 9.80 Å². The Kier molecular flexibility index (Phi) is 10.0. The molecule has 0 saturated heterocycles. The standard InChI is InChI=1S/C54H66N2/c1-38-33-45(37-46(34-38)56-50-29-23-41(39-19-13-10-14-20-39)35-48(50)54(53(56,8)9)31-17-12-18-32-54)55(44-27-24-42(25-28-44)51(2,3)4)49-30-26-43(52(5,6)7)36-47(49)40-21-15-11-16-22-40/h11,15-16,21-30,33-37,39H,10,12-14,17-20,31-32H2,1-9H3. The number of benzene rings is 5. The van der Waals surface area contributed by atoms with Gasteiger partial charge in [0, 0.05) is 39.3 Å². The van der Waals surface area contributed by atoms with Gasteiger partial charge in [-0.3, -0.25) is 0 Å². The van der Waals surface area contributed by atoms with Gasteiger partial charge in [0.1, 0.15) is 0 Å². The Bertz CT molecular complexity index is 2160. The summed E-state index contributed by atoms with van der Waals surface area (Å²) in [6, 6.07) is 42.6. The molecule has 2 fully saturated rings. The number of aryl methyl sites for hydroxylation is 1. The van der Waals surface area contributed by atoms with Crippen LogP contribution in [0.15, 0.2) is 109 Å². The average Bonchev–Trinajstić information content (AvgIpc) is 3.36. The molecule has 0 radical (unpaired) electrons. The molecule has 5 aromatic carbocycles. The zero-order valence-corrected chi connectivity index (χ0v) is 35.9. The number of hydrogen-bond donors (Lipinski definition) is 0. The van der Waals surface area contributed by atoms with Crippen LogP contribution in [0.3, 0.4) is 0 Å². The van der Waals surface area contributed by atoms with Crippen LogP contribution in [0.2, 0.25) is 0 Å². The van der Waals surface area contributed by atoms with E-state index in [1.165, 1.54) is 120 Å². The predicted molar refractivity (Wildman–Crippen MR) is 242 cm³/mol. The molecule has 292 valence electrons. The van der Waals surface area contributed by atoms with Crippen molar-refractivity contribution in [2.45, 2.75) is 154 Å². The fourth-order valence-corrected chi connectivity index (χ4v) is 10.8. The lowest BCUT2D eigenvalue weighted by atomic mass is 9.61. The van der Waals surface area contributed by atoms with E-state index in [-0.39, 0.29) is 21.8 Å². The monoisotopic (exact) mass is 743 g/mol. The van der Waals surface area contributed by atoms with Crippen molar-refractivity contribution in [3.63, 3.8) is 0 Å². The fraction of sp³-hybridized carbons (Fsp3) is 0.444. The summed E-state index contributed by atoms with van der Waals surface area (Å²) in [5.41, 5.74) is 16.1. The molecule has 0 unspecified atom stereocenters. The molecule has 0 N–H and O–H groups in total. The average molecular weight is 743 g/mol. The van der Waals surface area contributed by atoms with Crippen molar-refractivity contribution in [2.24, 2.45) is 0 Å². The lowest BCUT2D eigenvalue weighted by molar-refractivity contribution is 0.199. The van der Waals surface area contributed by atoms with Crippen LogP contribution >= 0.6 is 0 Å². The minimum Gasteiger partial charge on any atom is -0.335 e. The van der Waals surface area contributed by atoms with Crippen LogP contribution in [0, 0.1) is 6.92 Å². The van der Waals surface area contributed by atoms with Crippen molar-refractivity contribution < 1.29 is 0 Å². The molecule has 2 nitrogen and oxygen atoms in total. The molecule has 1 spiro atoms. The maximum atomic E-state index is 2.76. The quantitative estimate of drug-likeness (QED) is 0.171. The van der Waals surface area contributed by atoms with E-state index in [1.807, 2.05) is 0 Å². The number of fused-ring (bicyclic) bond motifs is 2. The van der Waals surface area contributed by atoms with Gasteiger partial charge in [0.25, 0.3) is 0 Å². The van der Waals surface area contributed by atoms with Gasteiger partial charge < -0.3 is 9.80 Å². The predicted octanol–water partition coefficient (Wildman–Crippen LogP) is 15.9. The summed E-state index contributed by atoms with van der Waals surface area (Å²) >= 11 is 0. The molecule has 56 heavy (non-hydrogen) atoms. The van der Waals surface area contributed by atoms with Gasteiger partial charge in [0.05, 0.1) is 5.69 Å². The van der Waals surface area contributed by atoms with E-state index in [1.54, 1.807) is 11.1 Å². The summed E-state index contributed by atoms with van der Waals surface area (Å²) in [6.45, 7) is 21.3. The van der Waals surface area contributed by atoms with Crippen LogP contribution in [-0.4, -0.2) is 5.54 Å². The van der Waals surface area contributed by atoms with E-state index < -0.39 is 0 Å². The van der Waals surface area contributed by atoms with Gasteiger partial charge in [0.2, 0.25) is 0 Å². The third-order valence-electron chi connectivity index (χ3n) is 14.0. The topological polar surface area (TPSA) is 6.48 Å². The Morgan fingerprint density at radius 2 is 1.25 bits per heavy atom. The Labute approximate surface area is 339 Å². The maximum Gasteiger partial charge on any atom is 0.0540 e. The molecule has 0 aromatic heterocycles. The first-order chi connectivity index (χ1) is 26.7. The Morgan fingerprint density at radius 1 is 0.607 bits per heavy atom. The first-order valence-corrected chi connectivity index (χ1v) is 21.8.